The lowest BCUT2D eigenvalue weighted by atomic mass is 9.76. The summed E-state index contributed by atoms with van der Waals surface area (Å²) < 4.78 is 0. The van der Waals surface area contributed by atoms with Gasteiger partial charge in [0.2, 0.25) is 23.1 Å². The van der Waals surface area contributed by atoms with Crippen LogP contribution in [0.1, 0.15) is 27.7 Å². The first-order valence-corrected chi connectivity index (χ1v) is 6.90. The van der Waals surface area contributed by atoms with E-state index in [9.17, 15) is 39.3 Å². The molecule has 2 amide bonds. The third-order valence-corrected chi connectivity index (χ3v) is 3.52. The average Bonchev–Trinajstić information content (AvgIpc) is 2.47. The first-order valence-electron chi connectivity index (χ1n) is 6.90. The van der Waals surface area contributed by atoms with Gasteiger partial charge in [-0.2, -0.15) is 0 Å². The summed E-state index contributed by atoms with van der Waals surface area (Å²) in [6.07, 6.45) is -6.84. The molecule has 136 valence electrons. The quantitative estimate of drug-likeness (QED) is 0.263. The minimum absolute atomic E-state index is 0.0665. The summed E-state index contributed by atoms with van der Waals surface area (Å²) in [5.41, 5.74) is -3.06. The maximum absolute atomic E-state index is 12.4. The molecule has 4 atom stereocenters. The fourth-order valence-electron chi connectivity index (χ4n) is 2.45. The molecule has 0 rings (SSSR count). The lowest BCUT2D eigenvalue weighted by Crippen LogP contribution is -2.73. The van der Waals surface area contributed by atoms with E-state index in [0.717, 1.165) is 27.7 Å². The van der Waals surface area contributed by atoms with Crippen LogP contribution in [0.4, 0.5) is 0 Å². The number of carbonyl (C=O) groups is 5. The minimum Gasteiger partial charge on any atom is -0.394 e. The second-order valence-electron chi connectivity index (χ2n) is 5.27. The summed E-state index contributed by atoms with van der Waals surface area (Å²) >= 11 is 0. The van der Waals surface area contributed by atoms with Crippen LogP contribution in [0.2, 0.25) is 0 Å². The van der Waals surface area contributed by atoms with Gasteiger partial charge in [0.05, 0.1) is 6.61 Å². The molecule has 0 fully saturated rings. The number of rotatable bonds is 8. The van der Waals surface area contributed by atoms with Crippen molar-refractivity contribution in [1.82, 2.24) is 4.90 Å². The molecular weight excluding hydrogens is 326 g/mol. The molecule has 0 aliphatic rings. The number of imide groups is 1. The molecule has 0 aliphatic heterocycles. The number of aliphatic hydroxyl groups is 4. The van der Waals surface area contributed by atoms with Crippen molar-refractivity contribution in [3.8, 4) is 0 Å². The number of aliphatic hydroxyl groups excluding tert-OH is 4. The van der Waals surface area contributed by atoms with Crippen molar-refractivity contribution in [3.63, 3.8) is 0 Å². The Morgan fingerprint density at radius 1 is 0.917 bits per heavy atom. The van der Waals surface area contributed by atoms with Crippen LogP contribution < -0.4 is 0 Å². The Morgan fingerprint density at radius 3 is 1.58 bits per heavy atom. The summed E-state index contributed by atoms with van der Waals surface area (Å²) in [5, 5.41) is 38.5. The van der Waals surface area contributed by atoms with Gasteiger partial charge in [0.25, 0.3) is 0 Å². The smallest absolute Gasteiger partial charge is 0.234 e. The van der Waals surface area contributed by atoms with Crippen LogP contribution in [0.15, 0.2) is 0 Å². The van der Waals surface area contributed by atoms with Gasteiger partial charge in [-0.25, -0.2) is 0 Å². The monoisotopic (exact) mass is 347 g/mol. The molecule has 0 saturated carbocycles. The zero-order valence-electron chi connectivity index (χ0n) is 13.7. The van der Waals surface area contributed by atoms with Crippen molar-refractivity contribution in [1.29, 1.82) is 0 Å². The second kappa shape index (κ2) is 8.20. The number of ketones is 3. The molecule has 0 saturated heterocycles. The Labute approximate surface area is 137 Å². The highest BCUT2D eigenvalue weighted by Gasteiger charge is 2.60. The van der Waals surface area contributed by atoms with Gasteiger partial charge >= 0.3 is 0 Å². The highest BCUT2D eigenvalue weighted by atomic mass is 16.4. The maximum atomic E-state index is 12.4. The summed E-state index contributed by atoms with van der Waals surface area (Å²) in [6, 6.07) is 0. The van der Waals surface area contributed by atoms with Crippen molar-refractivity contribution in [3.05, 3.63) is 0 Å². The number of amides is 2. The van der Waals surface area contributed by atoms with E-state index in [0.29, 0.717) is 0 Å². The normalized spacial score (nSPS) is 17.2. The van der Waals surface area contributed by atoms with E-state index in [1.54, 1.807) is 0 Å². The molecule has 0 aliphatic carbocycles. The van der Waals surface area contributed by atoms with Gasteiger partial charge in [0.1, 0.15) is 18.3 Å². The molecule has 0 radical (unpaired) electrons. The first-order chi connectivity index (χ1) is 10.9. The van der Waals surface area contributed by atoms with Gasteiger partial charge in [0, 0.05) is 20.8 Å². The topological polar surface area (TPSA) is 170 Å². The zero-order chi connectivity index (χ0) is 19.4. The average molecular weight is 347 g/mol. The summed E-state index contributed by atoms with van der Waals surface area (Å²) in [6.45, 7) is 2.06. The molecule has 0 aromatic rings. The Kier molecular flexibility index (Phi) is 7.51. The van der Waals surface area contributed by atoms with Crippen LogP contribution in [0, 0.1) is 0 Å². The number of hydrogen-bond acceptors (Lipinski definition) is 9. The lowest BCUT2D eigenvalue weighted by Gasteiger charge is -2.43. The van der Waals surface area contributed by atoms with Gasteiger partial charge in [-0.3, -0.25) is 28.9 Å². The molecule has 10 nitrogen and oxygen atoms in total. The Morgan fingerprint density at radius 2 is 1.33 bits per heavy atom. The highest BCUT2D eigenvalue weighted by Crippen LogP contribution is 2.28. The Balaban J connectivity index is 6.70. The molecular formula is C14H21NO9. The third kappa shape index (κ3) is 3.73. The molecule has 0 aromatic carbocycles. The van der Waals surface area contributed by atoms with Crippen LogP contribution in [-0.2, 0) is 24.0 Å². The molecule has 0 unspecified atom stereocenters. The number of hydrogen-bond donors (Lipinski definition) is 4. The molecule has 0 heterocycles. The Bertz CT molecular complexity index is 544. The molecule has 0 aromatic heterocycles. The fraction of sp³-hybridized carbons (Fsp3) is 0.643. The maximum Gasteiger partial charge on any atom is 0.234 e. The van der Waals surface area contributed by atoms with E-state index in [-0.39, 0.29) is 4.90 Å². The zero-order valence-corrected chi connectivity index (χ0v) is 13.7. The van der Waals surface area contributed by atoms with Crippen molar-refractivity contribution in [2.45, 2.75) is 51.5 Å². The van der Waals surface area contributed by atoms with Crippen LogP contribution in [0.3, 0.4) is 0 Å². The van der Waals surface area contributed by atoms with E-state index in [4.69, 9.17) is 5.11 Å². The largest absolute Gasteiger partial charge is 0.394 e. The molecule has 4 N–H and O–H groups in total. The van der Waals surface area contributed by atoms with E-state index in [2.05, 4.69) is 0 Å². The molecule has 10 heteroatoms. The summed E-state index contributed by atoms with van der Waals surface area (Å²) in [5.74, 6) is -6.43. The predicted octanol–water partition coefficient (Wildman–Crippen LogP) is -3.06. The van der Waals surface area contributed by atoms with Gasteiger partial charge in [-0.15, -0.1) is 0 Å². The SMILES string of the molecule is CC(=O)C(=O)[C@@](C(C)=O)([C@@H](O)[C@H](O)[C@H](O)CO)N(C(C)=O)C(C)=O. The molecule has 24 heavy (non-hydrogen) atoms. The van der Waals surface area contributed by atoms with Gasteiger partial charge in [-0.1, -0.05) is 0 Å². The van der Waals surface area contributed by atoms with Crippen LogP contribution in [0.5, 0.6) is 0 Å². The van der Waals surface area contributed by atoms with Crippen LogP contribution >= 0.6 is 0 Å². The standard InChI is InChI=1S/C14H21NO9/c1-6(17)12(23)14(7(2)18,15(8(3)19)9(4)20)13(24)11(22)10(21)5-16/h10-11,13,16,21-22,24H,5H2,1-4H3/t10-,11-,13+,14+/m1/s1. The molecule has 0 spiro atoms. The number of nitrogens with zero attached hydrogens (tertiary/aromatic N) is 1. The van der Waals surface area contributed by atoms with E-state index in [1.807, 2.05) is 0 Å². The molecule has 0 bridgehead atoms. The predicted molar refractivity (Wildman–Crippen MR) is 77.4 cm³/mol. The van der Waals surface area contributed by atoms with E-state index >= 15 is 0 Å². The third-order valence-electron chi connectivity index (χ3n) is 3.52. The van der Waals surface area contributed by atoms with Gasteiger partial charge < -0.3 is 20.4 Å². The van der Waals surface area contributed by atoms with Crippen molar-refractivity contribution in [2.24, 2.45) is 0 Å². The lowest BCUT2D eigenvalue weighted by molar-refractivity contribution is -0.180. The van der Waals surface area contributed by atoms with Gasteiger partial charge in [-0.05, 0) is 6.92 Å². The van der Waals surface area contributed by atoms with Crippen LogP contribution in [-0.4, -0.2) is 84.9 Å². The highest BCUT2D eigenvalue weighted by molar-refractivity contribution is 6.45. The minimum atomic E-state index is -3.06. The van der Waals surface area contributed by atoms with E-state index < -0.39 is 59.6 Å². The summed E-state index contributed by atoms with van der Waals surface area (Å²) in [7, 11) is 0. The number of Topliss-reactive ketones (excluding diaryl/α,β-unsaturated/α-hetero) is 3. The van der Waals surface area contributed by atoms with Crippen LogP contribution in [0.25, 0.3) is 0 Å². The second-order valence-corrected chi connectivity index (χ2v) is 5.27. The van der Waals surface area contributed by atoms with Crippen molar-refractivity contribution >= 4 is 29.2 Å². The van der Waals surface area contributed by atoms with Crippen molar-refractivity contribution in [2.75, 3.05) is 6.61 Å². The Hall–Kier alpha value is -2.01. The number of carbonyl (C=O) groups excluding carboxylic acids is 5. The van der Waals surface area contributed by atoms with Crippen molar-refractivity contribution < 1.29 is 44.4 Å². The summed E-state index contributed by atoms with van der Waals surface area (Å²) in [4.78, 5) is 59.8. The fourth-order valence-corrected chi connectivity index (χ4v) is 2.45. The first kappa shape index (κ1) is 22.0. The van der Waals surface area contributed by atoms with Gasteiger partial charge in [0.15, 0.2) is 11.6 Å². The van der Waals surface area contributed by atoms with E-state index in [1.165, 1.54) is 0 Å².